The van der Waals surface area contributed by atoms with E-state index in [4.69, 9.17) is 0 Å². The van der Waals surface area contributed by atoms with Crippen molar-refractivity contribution in [2.24, 2.45) is 5.92 Å². The van der Waals surface area contributed by atoms with Gasteiger partial charge in [0.1, 0.15) is 0 Å². The molecule has 0 nitrogen and oxygen atoms in total. The summed E-state index contributed by atoms with van der Waals surface area (Å²) in [6, 6.07) is 4.70. The molecule has 0 aliphatic rings. The van der Waals surface area contributed by atoms with Crippen LogP contribution in [-0.4, -0.2) is 22.5 Å². The van der Waals surface area contributed by atoms with Crippen molar-refractivity contribution in [2.75, 3.05) is 0 Å². The van der Waals surface area contributed by atoms with E-state index in [-0.39, 0.29) is 0 Å². The van der Waals surface area contributed by atoms with Crippen molar-refractivity contribution >= 4 is 36.8 Å². The first-order valence-corrected chi connectivity index (χ1v) is 10.1. The van der Waals surface area contributed by atoms with Crippen LogP contribution in [0.2, 0.25) is 0 Å². The van der Waals surface area contributed by atoms with Crippen LogP contribution in [0.5, 0.6) is 0 Å². The summed E-state index contributed by atoms with van der Waals surface area (Å²) in [5.41, 5.74) is 0. The predicted octanol–water partition coefficient (Wildman–Crippen LogP) is 4.59. The fourth-order valence-electron chi connectivity index (χ4n) is 2.49. The summed E-state index contributed by atoms with van der Waals surface area (Å²) in [5, 5.41) is 0. The molecule has 1 unspecified atom stereocenters. The Balaban J connectivity index is 2.34. The zero-order valence-corrected chi connectivity index (χ0v) is 16.2. The van der Waals surface area contributed by atoms with E-state index < -0.39 is 0 Å². The number of hydrogen-bond acceptors (Lipinski definition) is 1. The number of thiophene rings is 1. The van der Waals surface area contributed by atoms with E-state index in [9.17, 15) is 0 Å². The molecule has 0 amide bonds. The Kier molecular flexibility index (Phi) is 9.48. The second-order valence-electron chi connectivity index (χ2n) is 5.37. The third-order valence-electron chi connectivity index (χ3n) is 3.60. The van der Waals surface area contributed by atoms with Gasteiger partial charge in [0.05, 0.1) is 0 Å². The fourth-order valence-corrected chi connectivity index (χ4v) is 4.95. The van der Waals surface area contributed by atoms with Crippen LogP contribution in [0.4, 0.5) is 0 Å². The topological polar surface area (TPSA) is 0 Å². The van der Waals surface area contributed by atoms with Gasteiger partial charge in [0, 0.05) is 0 Å². The molecule has 2 radical (unpaired) electrons. The van der Waals surface area contributed by atoms with Crippen LogP contribution in [0.3, 0.4) is 0 Å². The summed E-state index contributed by atoms with van der Waals surface area (Å²) in [6.07, 6.45) is 12.7. The van der Waals surface area contributed by atoms with Gasteiger partial charge in [0.15, 0.2) is 0 Å². The molecule has 0 spiro atoms. The van der Waals surface area contributed by atoms with E-state index in [0.29, 0.717) is 0 Å². The van der Waals surface area contributed by atoms with Crippen molar-refractivity contribution in [1.29, 1.82) is 0 Å². The van der Waals surface area contributed by atoms with Crippen molar-refractivity contribution < 1.29 is 0 Å². The zero-order valence-electron chi connectivity index (χ0n) is 12.1. The molecule has 1 aromatic rings. The first-order valence-electron chi connectivity index (χ1n) is 7.60. The molecule has 1 aromatic heterocycles. The van der Waals surface area contributed by atoms with Crippen molar-refractivity contribution in [3.8, 4) is 0 Å². The summed E-state index contributed by atoms with van der Waals surface area (Å²) in [6.45, 7) is 4.61. The summed E-state index contributed by atoms with van der Waals surface area (Å²) in [4.78, 5) is 1.63. The number of unbranched alkanes of at least 4 members (excludes halogenated alkanes) is 4. The Hall–Kier alpha value is 0.499. The Bertz CT molecular complexity index is 306. The standard InChI is InChI=1S/C16H27S.Sn.H/c1-3-5-7-8-11-15(10-6-4-2)14-16-12-9-13-17-16;;/h9,12,15H,3-8,10-11,14H2,1-2H3;;. The van der Waals surface area contributed by atoms with Crippen LogP contribution in [0.1, 0.15) is 70.1 Å². The number of hydrogen-bond donors (Lipinski definition) is 0. The second kappa shape index (κ2) is 10.3. The minimum atomic E-state index is 0.945. The van der Waals surface area contributed by atoms with Crippen LogP contribution >= 0.6 is 11.3 Å². The van der Waals surface area contributed by atoms with Gasteiger partial charge in [0.25, 0.3) is 0 Å². The number of rotatable bonds is 10. The van der Waals surface area contributed by atoms with E-state index in [0.717, 1.165) is 5.92 Å². The SMILES string of the molecule is CCCCCCC(CCCC)Cc1cc[c]([SnH])s1. The van der Waals surface area contributed by atoms with E-state index in [1.807, 2.05) is 0 Å². The van der Waals surface area contributed by atoms with Gasteiger partial charge in [-0.1, -0.05) is 0 Å². The molecule has 0 aliphatic heterocycles. The molecular weight excluding hydrogens is 343 g/mol. The minimum absolute atomic E-state index is 0.945. The van der Waals surface area contributed by atoms with Gasteiger partial charge in [-0.2, -0.15) is 0 Å². The summed E-state index contributed by atoms with van der Waals surface area (Å²) in [5.74, 6) is 0.945. The van der Waals surface area contributed by atoms with Crippen LogP contribution in [0.25, 0.3) is 0 Å². The van der Waals surface area contributed by atoms with Gasteiger partial charge < -0.3 is 0 Å². The maximum absolute atomic E-state index is 2.37. The molecule has 1 rings (SSSR count). The molecule has 0 saturated heterocycles. The molecule has 0 saturated carbocycles. The van der Waals surface area contributed by atoms with Crippen LogP contribution in [0.15, 0.2) is 12.1 Å². The first kappa shape index (κ1) is 16.6. The van der Waals surface area contributed by atoms with Crippen LogP contribution < -0.4 is 2.89 Å². The van der Waals surface area contributed by atoms with Gasteiger partial charge in [-0.25, -0.2) is 0 Å². The van der Waals surface area contributed by atoms with Gasteiger partial charge >= 0.3 is 131 Å². The molecule has 0 aromatic carbocycles. The first-order chi connectivity index (χ1) is 8.76. The van der Waals surface area contributed by atoms with Crippen molar-refractivity contribution in [3.05, 3.63) is 17.0 Å². The van der Waals surface area contributed by atoms with E-state index in [2.05, 4.69) is 37.3 Å². The quantitative estimate of drug-likeness (QED) is 0.417. The normalized spacial score (nSPS) is 12.8. The average Bonchev–Trinajstić information content (AvgIpc) is 2.77. The molecular formula is C16H28SSn. The fraction of sp³-hybridized carbons (Fsp3) is 0.750. The van der Waals surface area contributed by atoms with E-state index in [1.165, 1.54) is 80.3 Å². The Morgan fingerprint density at radius 1 is 1.00 bits per heavy atom. The Morgan fingerprint density at radius 2 is 1.72 bits per heavy atom. The van der Waals surface area contributed by atoms with Crippen molar-refractivity contribution in [1.82, 2.24) is 0 Å². The summed E-state index contributed by atoms with van der Waals surface area (Å²) in [7, 11) is 0. The molecule has 1 atom stereocenters. The molecule has 0 fully saturated rings. The van der Waals surface area contributed by atoms with Crippen LogP contribution in [0, 0.1) is 5.92 Å². The molecule has 102 valence electrons. The van der Waals surface area contributed by atoms with Crippen LogP contribution in [-0.2, 0) is 6.42 Å². The summed E-state index contributed by atoms with van der Waals surface area (Å²) < 4.78 is 1.59. The Labute approximate surface area is 131 Å². The molecule has 1 heterocycles. The maximum atomic E-state index is 2.37. The van der Waals surface area contributed by atoms with Gasteiger partial charge in [-0.3, -0.25) is 0 Å². The monoisotopic (exact) mass is 372 g/mol. The second-order valence-corrected chi connectivity index (χ2v) is 9.54. The average molecular weight is 371 g/mol. The van der Waals surface area contributed by atoms with Crippen molar-refractivity contribution in [3.63, 3.8) is 0 Å². The molecule has 0 N–H and O–H groups in total. The van der Waals surface area contributed by atoms with Gasteiger partial charge in [0.2, 0.25) is 0 Å². The van der Waals surface area contributed by atoms with E-state index in [1.54, 1.807) is 7.77 Å². The van der Waals surface area contributed by atoms with Gasteiger partial charge in [-0.05, 0) is 0 Å². The predicted molar refractivity (Wildman–Crippen MR) is 86.6 cm³/mol. The summed E-state index contributed by atoms with van der Waals surface area (Å²) >= 11 is 3.34. The molecule has 0 aliphatic carbocycles. The Morgan fingerprint density at radius 3 is 2.33 bits per heavy atom. The van der Waals surface area contributed by atoms with Crippen molar-refractivity contribution in [2.45, 2.75) is 71.6 Å². The molecule has 2 heteroatoms. The molecule has 0 bridgehead atoms. The third-order valence-corrected chi connectivity index (χ3v) is 6.10. The molecule has 18 heavy (non-hydrogen) atoms. The third kappa shape index (κ3) is 7.18. The zero-order chi connectivity index (χ0) is 13.2. The van der Waals surface area contributed by atoms with Gasteiger partial charge in [-0.15, -0.1) is 0 Å². The van der Waals surface area contributed by atoms with E-state index >= 15 is 0 Å².